The maximum Gasteiger partial charge on any atom is 0.265 e. The third kappa shape index (κ3) is 4.32. The lowest BCUT2D eigenvalue weighted by Crippen LogP contribution is -2.30. The van der Waals surface area contributed by atoms with Gasteiger partial charge in [0, 0.05) is 0 Å². The van der Waals surface area contributed by atoms with Gasteiger partial charge in [-0.3, -0.25) is 4.79 Å². The molecule has 1 unspecified atom stereocenters. The van der Waals surface area contributed by atoms with Gasteiger partial charge in [-0.2, -0.15) is 0 Å². The van der Waals surface area contributed by atoms with E-state index in [0.717, 1.165) is 12.8 Å². The molecule has 1 amide bonds. The van der Waals surface area contributed by atoms with E-state index in [1.54, 1.807) is 19.1 Å². The van der Waals surface area contributed by atoms with Gasteiger partial charge in [0.25, 0.3) is 5.91 Å². The molecule has 0 spiro atoms. The molecule has 116 valence electrons. The van der Waals surface area contributed by atoms with Crippen molar-refractivity contribution in [2.75, 3.05) is 5.32 Å². The second-order valence-corrected chi connectivity index (χ2v) is 5.12. The van der Waals surface area contributed by atoms with Crippen LogP contribution in [0.3, 0.4) is 0 Å². The number of hydrogen-bond donors (Lipinski definition) is 1. The summed E-state index contributed by atoms with van der Waals surface area (Å²) in [7, 11) is 0. The van der Waals surface area contributed by atoms with E-state index in [1.165, 1.54) is 17.7 Å². The number of amides is 1. The van der Waals surface area contributed by atoms with Crippen LogP contribution in [-0.4, -0.2) is 12.0 Å². The molecule has 0 bridgehead atoms. The summed E-state index contributed by atoms with van der Waals surface area (Å²) in [5.41, 5.74) is 1.39. The average molecular weight is 301 g/mol. The summed E-state index contributed by atoms with van der Waals surface area (Å²) < 4.78 is 19.1. The number of halogens is 1. The molecule has 0 saturated heterocycles. The van der Waals surface area contributed by atoms with Crippen molar-refractivity contribution in [2.45, 2.75) is 32.8 Å². The van der Waals surface area contributed by atoms with Gasteiger partial charge in [-0.1, -0.05) is 37.6 Å². The molecule has 22 heavy (non-hydrogen) atoms. The fourth-order valence-electron chi connectivity index (χ4n) is 2.08. The normalized spacial score (nSPS) is 11.8. The summed E-state index contributed by atoms with van der Waals surface area (Å²) in [5.74, 6) is -0.231. The Labute approximate surface area is 130 Å². The molecule has 2 aromatic carbocycles. The Morgan fingerprint density at radius 2 is 1.86 bits per heavy atom. The Bertz CT molecular complexity index is 625. The number of nitrogens with one attached hydrogen (secondary N) is 1. The predicted molar refractivity (Wildman–Crippen MR) is 85.6 cm³/mol. The van der Waals surface area contributed by atoms with E-state index >= 15 is 0 Å². The van der Waals surface area contributed by atoms with E-state index in [9.17, 15) is 9.18 Å². The van der Waals surface area contributed by atoms with Gasteiger partial charge < -0.3 is 10.1 Å². The Kier molecular flexibility index (Phi) is 5.53. The number of ether oxygens (including phenoxy) is 1. The number of carbonyl (C=O) groups is 1. The van der Waals surface area contributed by atoms with Crippen molar-refractivity contribution in [3.63, 3.8) is 0 Å². The van der Waals surface area contributed by atoms with Gasteiger partial charge in [0.1, 0.15) is 11.6 Å². The fourth-order valence-corrected chi connectivity index (χ4v) is 2.08. The molecule has 0 saturated carbocycles. The monoisotopic (exact) mass is 301 g/mol. The molecular formula is C18H20FNO2. The summed E-state index contributed by atoms with van der Waals surface area (Å²) in [6.45, 7) is 3.76. The van der Waals surface area contributed by atoms with Crippen LogP contribution < -0.4 is 10.1 Å². The lowest BCUT2D eigenvalue weighted by molar-refractivity contribution is -0.122. The lowest BCUT2D eigenvalue weighted by Gasteiger charge is -2.15. The zero-order valence-corrected chi connectivity index (χ0v) is 12.8. The minimum Gasteiger partial charge on any atom is -0.481 e. The minimum absolute atomic E-state index is 0.154. The molecule has 3 nitrogen and oxygen atoms in total. The maximum atomic E-state index is 13.5. The number of carbonyl (C=O) groups excluding carboxylic acids is 1. The second-order valence-electron chi connectivity index (χ2n) is 5.12. The lowest BCUT2D eigenvalue weighted by atomic mass is 10.1. The van der Waals surface area contributed by atoms with E-state index in [-0.39, 0.29) is 11.6 Å². The van der Waals surface area contributed by atoms with Gasteiger partial charge in [0.2, 0.25) is 0 Å². The third-order valence-electron chi connectivity index (χ3n) is 3.28. The molecular weight excluding hydrogens is 281 g/mol. The largest absolute Gasteiger partial charge is 0.481 e. The van der Waals surface area contributed by atoms with Crippen molar-refractivity contribution in [1.29, 1.82) is 0 Å². The number of para-hydroxylation sites is 1. The smallest absolute Gasteiger partial charge is 0.265 e. The van der Waals surface area contributed by atoms with Crippen LogP contribution in [0.15, 0.2) is 48.5 Å². The van der Waals surface area contributed by atoms with Crippen LogP contribution in [0, 0.1) is 5.82 Å². The van der Waals surface area contributed by atoms with Crippen molar-refractivity contribution in [1.82, 2.24) is 0 Å². The van der Waals surface area contributed by atoms with Crippen LogP contribution in [-0.2, 0) is 11.2 Å². The highest BCUT2D eigenvalue weighted by Gasteiger charge is 2.16. The number of anilines is 1. The molecule has 2 aromatic rings. The Balaban J connectivity index is 1.95. The van der Waals surface area contributed by atoms with Gasteiger partial charge >= 0.3 is 0 Å². The van der Waals surface area contributed by atoms with E-state index < -0.39 is 11.9 Å². The molecule has 2 rings (SSSR count). The van der Waals surface area contributed by atoms with Gasteiger partial charge in [-0.15, -0.1) is 0 Å². The van der Waals surface area contributed by atoms with Gasteiger partial charge in [-0.25, -0.2) is 4.39 Å². The summed E-state index contributed by atoms with van der Waals surface area (Å²) >= 11 is 0. The van der Waals surface area contributed by atoms with Crippen LogP contribution in [0.1, 0.15) is 25.8 Å². The first-order valence-electron chi connectivity index (χ1n) is 7.41. The zero-order chi connectivity index (χ0) is 15.9. The summed E-state index contributed by atoms with van der Waals surface area (Å²) in [6.07, 6.45) is 1.39. The van der Waals surface area contributed by atoms with Gasteiger partial charge in [0.15, 0.2) is 6.10 Å². The minimum atomic E-state index is -0.711. The highest BCUT2D eigenvalue weighted by Crippen LogP contribution is 2.17. The summed E-state index contributed by atoms with van der Waals surface area (Å²) in [4.78, 5) is 12.0. The van der Waals surface area contributed by atoms with E-state index in [0.29, 0.717) is 5.75 Å². The van der Waals surface area contributed by atoms with Crippen molar-refractivity contribution < 1.29 is 13.9 Å². The highest BCUT2D eigenvalue weighted by molar-refractivity contribution is 5.94. The molecule has 0 aromatic heterocycles. The molecule has 0 aliphatic rings. The molecule has 0 radical (unpaired) electrons. The van der Waals surface area contributed by atoms with E-state index in [1.807, 2.05) is 24.3 Å². The first kappa shape index (κ1) is 16.0. The second kappa shape index (κ2) is 7.59. The quantitative estimate of drug-likeness (QED) is 0.869. The molecule has 0 aliphatic heterocycles. The Morgan fingerprint density at radius 1 is 1.18 bits per heavy atom. The number of benzene rings is 2. The van der Waals surface area contributed by atoms with Gasteiger partial charge in [-0.05, 0) is 43.2 Å². The predicted octanol–water partition coefficient (Wildman–Crippen LogP) is 4.18. The van der Waals surface area contributed by atoms with Crippen molar-refractivity contribution >= 4 is 11.6 Å². The summed E-state index contributed by atoms with van der Waals surface area (Å²) in [6, 6.07) is 13.7. The van der Waals surface area contributed by atoms with Crippen molar-refractivity contribution in [2.24, 2.45) is 0 Å². The van der Waals surface area contributed by atoms with E-state index in [2.05, 4.69) is 12.2 Å². The van der Waals surface area contributed by atoms with Crippen LogP contribution in [0.25, 0.3) is 0 Å². The van der Waals surface area contributed by atoms with E-state index in [4.69, 9.17) is 4.74 Å². The SMILES string of the molecule is CCCc1ccc(OC(C)C(=O)Nc2ccccc2F)cc1. The molecule has 4 heteroatoms. The van der Waals surface area contributed by atoms with Crippen molar-refractivity contribution in [3.05, 3.63) is 59.9 Å². The van der Waals surface area contributed by atoms with Crippen LogP contribution in [0.4, 0.5) is 10.1 Å². The van der Waals surface area contributed by atoms with Gasteiger partial charge in [0.05, 0.1) is 5.69 Å². The zero-order valence-electron chi connectivity index (χ0n) is 12.8. The molecule has 1 N–H and O–H groups in total. The Morgan fingerprint density at radius 3 is 2.50 bits per heavy atom. The van der Waals surface area contributed by atoms with Crippen LogP contribution in [0.5, 0.6) is 5.75 Å². The molecule has 1 atom stereocenters. The fraction of sp³-hybridized carbons (Fsp3) is 0.278. The first-order valence-corrected chi connectivity index (χ1v) is 7.41. The Hall–Kier alpha value is -2.36. The van der Waals surface area contributed by atoms with Crippen LogP contribution >= 0.6 is 0 Å². The average Bonchev–Trinajstić information content (AvgIpc) is 2.51. The topological polar surface area (TPSA) is 38.3 Å². The third-order valence-corrected chi connectivity index (χ3v) is 3.28. The molecule has 0 aliphatic carbocycles. The molecule has 0 fully saturated rings. The standard InChI is InChI=1S/C18H20FNO2/c1-3-6-14-9-11-15(12-10-14)22-13(2)18(21)20-17-8-5-4-7-16(17)19/h4-5,7-13H,3,6H2,1-2H3,(H,20,21). The highest BCUT2D eigenvalue weighted by atomic mass is 19.1. The summed E-state index contributed by atoms with van der Waals surface area (Å²) in [5, 5.41) is 2.52. The maximum absolute atomic E-state index is 13.5. The number of hydrogen-bond acceptors (Lipinski definition) is 2. The van der Waals surface area contributed by atoms with Crippen LogP contribution in [0.2, 0.25) is 0 Å². The molecule has 0 heterocycles. The number of rotatable bonds is 6. The van der Waals surface area contributed by atoms with Crippen molar-refractivity contribution in [3.8, 4) is 5.75 Å². The number of aryl methyl sites for hydroxylation is 1. The first-order chi connectivity index (χ1) is 10.6.